The molecule has 2 aromatic heterocycles. The minimum Gasteiger partial charge on any atom is -0.478 e. The first-order chi connectivity index (χ1) is 12.1. The van der Waals surface area contributed by atoms with Crippen molar-refractivity contribution in [3.05, 3.63) is 53.1 Å². The molecule has 0 atom stereocenters. The predicted octanol–water partition coefficient (Wildman–Crippen LogP) is 4.01. The minimum atomic E-state index is -0.982. The van der Waals surface area contributed by atoms with Gasteiger partial charge in [-0.3, -0.25) is 0 Å². The summed E-state index contributed by atoms with van der Waals surface area (Å²) < 4.78 is 15.8. The number of halogens is 1. The molecule has 1 aromatic carbocycles. The van der Waals surface area contributed by atoms with Crippen LogP contribution >= 0.6 is 0 Å². The van der Waals surface area contributed by atoms with Crippen LogP contribution in [0.5, 0.6) is 0 Å². The number of aromatic nitrogens is 3. The Bertz CT molecular complexity index is 1020. The van der Waals surface area contributed by atoms with Crippen molar-refractivity contribution in [1.82, 2.24) is 14.8 Å². The van der Waals surface area contributed by atoms with Gasteiger partial charge in [-0.25, -0.2) is 18.9 Å². The van der Waals surface area contributed by atoms with Crippen molar-refractivity contribution < 1.29 is 14.3 Å². The van der Waals surface area contributed by atoms with Crippen molar-refractivity contribution in [2.75, 3.05) is 0 Å². The van der Waals surface area contributed by atoms with E-state index in [9.17, 15) is 14.3 Å². The molecule has 0 spiro atoms. The molecular weight excluding hydrogens is 321 g/mol. The van der Waals surface area contributed by atoms with E-state index >= 15 is 0 Å². The van der Waals surface area contributed by atoms with Crippen molar-refractivity contribution in [2.24, 2.45) is 0 Å². The Hall–Kier alpha value is -2.76. The maximum atomic E-state index is 14.4. The Balaban J connectivity index is 1.86. The summed E-state index contributed by atoms with van der Waals surface area (Å²) in [5.41, 5.74) is 2.48. The number of carbonyl (C=O) groups is 1. The molecule has 0 aliphatic heterocycles. The van der Waals surface area contributed by atoms with Gasteiger partial charge >= 0.3 is 5.97 Å². The number of hydrogen-bond acceptors (Lipinski definition) is 3. The van der Waals surface area contributed by atoms with Crippen LogP contribution in [-0.4, -0.2) is 25.8 Å². The summed E-state index contributed by atoms with van der Waals surface area (Å²) in [5.74, 6) is -0.841. The van der Waals surface area contributed by atoms with E-state index in [0.29, 0.717) is 22.6 Å². The van der Waals surface area contributed by atoms with Gasteiger partial charge in [-0.05, 0) is 43.9 Å². The summed E-state index contributed by atoms with van der Waals surface area (Å²) >= 11 is 0. The van der Waals surface area contributed by atoms with Crippen LogP contribution in [-0.2, 0) is 0 Å². The van der Waals surface area contributed by atoms with Gasteiger partial charge < -0.3 is 5.11 Å². The molecule has 0 radical (unpaired) electrons. The summed E-state index contributed by atoms with van der Waals surface area (Å²) in [6.07, 6.45) is 3.99. The van der Waals surface area contributed by atoms with Crippen LogP contribution < -0.4 is 0 Å². The molecule has 0 bridgehead atoms. The van der Waals surface area contributed by atoms with Gasteiger partial charge in [-0.15, -0.1) is 0 Å². The summed E-state index contributed by atoms with van der Waals surface area (Å²) in [6, 6.07) is 8.07. The lowest BCUT2D eigenvalue weighted by Gasteiger charge is -2.07. The first kappa shape index (κ1) is 14.6. The van der Waals surface area contributed by atoms with Gasteiger partial charge in [0.05, 0.1) is 16.6 Å². The third-order valence-electron chi connectivity index (χ3n) is 4.96. The summed E-state index contributed by atoms with van der Waals surface area (Å²) in [5, 5.41) is 14.9. The van der Waals surface area contributed by atoms with Gasteiger partial charge in [-0.1, -0.05) is 12.1 Å². The number of carboxylic acids is 1. The van der Waals surface area contributed by atoms with Gasteiger partial charge in [0.15, 0.2) is 5.65 Å². The van der Waals surface area contributed by atoms with E-state index in [-0.39, 0.29) is 11.5 Å². The fraction of sp³-hybridized carbons (Fsp3) is 0.316. The highest BCUT2D eigenvalue weighted by Gasteiger charge is 2.34. The van der Waals surface area contributed by atoms with Gasteiger partial charge in [0.25, 0.3) is 0 Å². The van der Waals surface area contributed by atoms with Crippen LogP contribution in [0, 0.1) is 5.82 Å². The average molecular weight is 337 g/mol. The largest absolute Gasteiger partial charge is 0.478 e. The first-order valence-corrected chi connectivity index (χ1v) is 8.55. The third kappa shape index (κ3) is 2.32. The standard InChI is InChI=1S/C19H16FN3O2/c20-13-3-1-2-4-15(13)23-18-16(17(22-23)11-7-8-11)12(19(24)25)9-14(21-18)10-5-6-10/h1-4,9-11H,5-8H2,(H,24,25). The zero-order chi connectivity index (χ0) is 17.1. The van der Waals surface area contributed by atoms with Crippen molar-refractivity contribution >= 4 is 17.0 Å². The molecule has 3 aromatic rings. The second-order valence-corrected chi connectivity index (χ2v) is 6.90. The first-order valence-electron chi connectivity index (χ1n) is 8.55. The number of rotatable bonds is 4. The van der Waals surface area contributed by atoms with E-state index < -0.39 is 11.8 Å². The van der Waals surface area contributed by atoms with Crippen LogP contribution in [0.3, 0.4) is 0 Å². The second-order valence-electron chi connectivity index (χ2n) is 6.90. The highest BCUT2D eigenvalue weighted by atomic mass is 19.1. The molecule has 126 valence electrons. The number of hydrogen-bond donors (Lipinski definition) is 1. The lowest BCUT2D eigenvalue weighted by atomic mass is 10.1. The second kappa shape index (κ2) is 5.12. The Kier molecular flexibility index (Phi) is 2.98. The average Bonchev–Trinajstić information content (AvgIpc) is 3.51. The molecule has 2 aliphatic carbocycles. The molecule has 5 nitrogen and oxygen atoms in total. The lowest BCUT2D eigenvalue weighted by molar-refractivity contribution is 0.0698. The fourth-order valence-corrected chi connectivity index (χ4v) is 3.35. The molecule has 2 saturated carbocycles. The molecule has 1 N–H and O–H groups in total. The maximum absolute atomic E-state index is 14.4. The van der Waals surface area contributed by atoms with Crippen molar-refractivity contribution in [3.8, 4) is 5.69 Å². The zero-order valence-electron chi connectivity index (χ0n) is 13.4. The van der Waals surface area contributed by atoms with E-state index in [1.54, 1.807) is 24.3 Å². The smallest absolute Gasteiger partial charge is 0.336 e. The number of para-hydroxylation sites is 1. The number of pyridine rings is 1. The summed E-state index contributed by atoms with van der Waals surface area (Å²) in [6.45, 7) is 0. The quantitative estimate of drug-likeness (QED) is 0.781. The van der Waals surface area contributed by atoms with E-state index in [2.05, 4.69) is 5.10 Å². The fourth-order valence-electron chi connectivity index (χ4n) is 3.35. The molecule has 6 heteroatoms. The van der Waals surface area contributed by atoms with Crippen molar-refractivity contribution in [1.29, 1.82) is 0 Å². The van der Waals surface area contributed by atoms with E-state index in [0.717, 1.165) is 37.1 Å². The molecule has 5 rings (SSSR count). The van der Waals surface area contributed by atoms with Crippen LogP contribution in [0.1, 0.15) is 59.3 Å². The van der Waals surface area contributed by atoms with Crippen LogP contribution in [0.25, 0.3) is 16.7 Å². The van der Waals surface area contributed by atoms with Crippen molar-refractivity contribution in [2.45, 2.75) is 37.5 Å². The zero-order valence-corrected chi connectivity index (χ0v) is 13.4. The van der Waals surface area contributed by atoms with Gasteiger partial charge in [0, 0.05) is 17.5 Å². The van der Waals surface area contributed by atoms with Crippen LogP contribution in [0.4, 0.5) is 4.39 Å². The summed E-state index contributed by atoms with van der Waals surface area (Å²) in [7, 11) is 0. The molecular formula is C19H16FN3O2. The Morgan fingerprint density at radius 3 is 2.52 bits per heavy atom. The highest BCUT2D eigenvalue weighted by molar-refractivity contribution is 6.03. The number of fused-ring (bicyclic) bond motifs is 1. The molecule has 2 heterocycles. The van der Waals surface area contributed by atoms with Gasteiger partial charge in [0.2, 0.25) is 0 Å². The van der Waals surface area contributed by atoms with Crippen molar-refractivity contribution in [3.63, 3.8) is 0 Å². The molecule has 2 fully saturated rings. The van der Waals surface area contributed by atoms with E-state index in [4.69, 9.17) is 4.98 Å². The monoisotopic (exact) mass is 337 g/mol. The highest BCUT2D eigenvalue weighted by Crippen LogP contribution is 2.45. The third-order valence-corrected chi connectivity index (χ3v) is 4.96. The number of carboxylic acid groups (broad SMARTS) is 1. The number of nitrogens with zero attached hydrogens (tertiary/aromatic N) is 3. The van der Waals surface area contributed by atoms with Gasteiger partial charge in [0.1, 0.15) is 11.5 Å². The molecule has 0 saturated heterocycles. The normalized spacial score (nSPS) is 17.2. The maximum Gasteiger partial charge on any atom is 0.336 e. The topological polar surface area (TPSA) is 68.0 Å². The van der Waals surface area contributed by atoms with E-state index in [1.165, 1.54) is 10.7 Å². The lowest BCUT2D eigenvalue weighted by Crippen LogP contribution is -2.04. The minimum absolute atomic E-state index is 0.233. The SMILES string of the molecule is O=C(O)c1cc(C2CC2)nc2c1c(C1CC1)nn2-c1ccccc1F. The Morgan fingerprint density at radius 2 is 1.88 bits per heavy atom. The number of aromatic carboxylic acids is 1. The van der Waals surface area contributed by atoms with Crippen LogP contribution in [0.15, 0.2) is 30.3 Å². The summed E-state index contributed by atoms with van der Waals surface area (Å²) in [4.78, 5) is 16.6. The molecule has 25 heavy (non-hydrogen) atoms. The molecule has 2 aliphatic rings. The van der Waals surface area contributed by atoms with Gasteiger partial charge in [-0.2, -0.15) is 5.10 Å². The molecule has 0 amide bonds. The van der Waals surface area contributed by atoms with E-state index in [1.807, 2.05) is 0 Å². The Labute approximate surface area is 143 Å². The van der Waals surface area contributed by atoms with Crippen LogP contribution in [0.2, 0.25) is 0 Å². The Morgan fingerprint density at radius 1 is 1.16 bits per heavy atom. The predicted molar refractivity (Wildman–Crippen MR) is 89.7 cm³/mol. The number of benzene rings is 1. The molecule has 0 unspecified atom stereocenters.